The Kier molecular flexibility index (Phi) is 7.95. The molecule has 0 bridgehead atoms. The quantitative estimate of drug-likeness (QED) is 0.589. The second-order valence-electron chi connectivity index (χ2n) is 7.89. The van der Waals surface area contributed by atoms with Gasteiger partial charge in [0.1, 0.15) is 10.7 Å². The lowest BCUT2D eigenvalue weighted by Crippen LogP contribution is -2.48. The number of nitriles is 1. The van der Waals surface area contributed by atoms with Gasteiger partial charge in [0.05, 0.1) is 17.0 Å². The molecule has 0 spiro atoms. The van der Waals surface area contributed by atoms with Crippen molar-refractivity contribution >= 4 is 33.2 Å². The standard InChI is InChI=1S/C23H26ClFN4O3S/c1-3-27(16-17(2)15-26)23(30)18-4-9-21(24)22(14-18)33(31,32)29-12-10-28(11-13-29)20-7-5-19(25)6-8-20/h4-9,14,17H,3,10-13,16H2,1-2H3. The second kappa shape index (κ2) is 10.5. The van der Waals surface area contributed by atoms with Crippen molar-refractivity contribution in [3.05, 3.63) is 58.9 Å². The number of carbonyl (C=O) groups is 1. The lowest BCUT2D eigenvalue weighted by Gasteiger charge is -2.35. The normalized spacial score (nSPS) is 15.7. The van der Waals surface area contributed by atoms with Gasteiger partial charge in [0.2, 0.25) is 10.0 Å². The van der Waals surface area contributed by atoms with E-state index in [1.807, 2.05) is 4.90 Å². The molecule has 2 aromatic carbocycles. The Morgan fingerprint density at radius 3 is 2.39 bits per heavy atom. The third kappa shape index (κ3) is 5.64. The van der Waals surface area contributed by atoms with Crippen LogP contribution in [0.25, 0.3) is 0 Å². The molecule has 1 aliphatic rings. The molecule has 7 nitrogen and oxygen atoms in total. The maximum Gasteiger partial charge on any atom is 0.253 e. The van der Waals surface area contributed by atoms with Crippen molar-refractivity contribution in [3.8, 4) is 6.07 Å². The van der Waals surface area contributed by atoms with Gasteiger partial charge in [0, 0.05) is 50.5 Å². The zero-order valence-electron chi connectivity index (χ0n) is 18.5. The molecule has 0 saturated carbocycles. The minimum absolute atomic E-state index is 0.0426. The van der Waals surface area contributed by atoms with Crippen LogP contribution in [0, 0.1) is 23.1 Å². The molecule has 1 saturated heterocycles. The summed E-state index contributed by atoms with van der Waals surface area (Å²) >= 11 is 6.24. The Morgan fingerprint density at radius 2 is 1.82 bits per heavy atom. The van der Waals surface area contributed by atoms with Crippen LogP contribution in [0.15, 0.2) is 47.4 Å². The number of halogens is 2. The smallest absolute Gasteiger partial charge is 0.253 e. The largest absolute Gasteiger partial charge is 0.369 e. The van der Waals surface area contributed by atoms with Crippen molar-refractivity contribution in [2.24, 2.45) is 5.92 Å². The Hall–Kier alpha value is -2.67. The summed E-state index contributed by atoms with van der Waals surface area (Å²) in [5.74, 6) is -1.02. The number of hydrogen-bond acceptors (Lipinski definition) is 5. The van der Waals surface area contributed by atoms with Crippen molar-refractivity contribution in [1.29, 1.82) is 5.26 Å². The summed E-state index contributed by atoms with van der Waals surface area (Å²) in [6, 6.07) is 12.4. The number of piperazine rings is 1. The number of sulfonamides is 1. The van der Waals surface area contributed by atoms with Gasteiger partial charge in [-0.05, 0) is 56.3 Å². The van der Waals surface area contributed by atoms with E-state index in [0.717, 1.165) is 5.69 Å². The number of rotatable bonds is 7. The molecule has 0 aromatic heterocycles. The predicted octanol–water partition coefficient (Wildman–Crippen LogP) is 3.61. The van der Waals surface area contributed by atoms with Crippen LogP contribution >= 0.6 is 11.6 Å². The third-order valence-electron chi connectivity index (χ3n) is 5.61. The third-order valence-corrected chi connectivity index (χ3v) is 7.99. The van der Waals surface area contributed by atoms with Gasteiger partial charge in [0.15, 0.2) is 0 Å². The van der Waals surface area contributed by atoms with Gasteiger partial charge < -0.3 is 9.80 Å². The van der Waals surface area contributed by atoms with E-state index in [1.165, 1.54) is 39.5 Å². The second-order valence-corrected chi connectivity index (χ2v) is 10.2. The summed E-state index contributed by atoms with van der Waals surface area (Å²) in [4.78, 5) is 16.3. The molecule has 1 unspecified atom stereocenters. The molecule has 0 radical (unpaired) electrons. The van der Waals surface area contributed by atoms with Gasteiger partial charge in [-0.2, -0.15) is 9.57 Å². The summed E-state index contributed by atoms with van der Waals surface area (Å²) in [7, 11) is -3.93. The first-order valence-corrected chi connectivity index (χ1v) is 12.5. The Balaban J connectivity index is 1.79. The molecule has 0 aliphatic carbocycles. The summed E-state index contributed by atoms with van der Waals surface area (Å²) in [5.41, 5.74) is 1.03. The first-order chi connectivity index (χ1) is 15.7. The Labute approximate surface area is 199 Å². The van der Waals surface area contributed by atoms with Gasteiger partial charge in [-0.1, -0.05) is 11.6 Å². The molecule has 1 heterocycles. The van der Waals surface area contributed by atoms with Crippen LogP contribution in [0.5, 0.6) is 0 Å². The van der Waals surface area contributed by atoms with Crippen LogP contribution in [-0.4, -0.2) is 62.8 Å². The van der Waals surface area contributed by atoms with Crippen molar-refractivity contribution in [3.63, 3.8) is 0 Å². The van der Waals surface area contributed by atoms with E-state index in [9.17, 15) is 17.6 Å². The fourth-order valence-electron chi connectivity index (χ4n) is 3.72. The highest BCUT2D eigenvalue weighted by Crippen LogP contribution is 2.28. The molecular weight excluding hydrogens is 467 g/mol. The first-order valence-electron chi connectivity index (χ1n) is 10.7. The predicted molar refractivity (Wildman–Crippen MR) is 125 cm³/mol. The topological polar surface area (TPSA) is 84.7 Å². The molecular formula is C23H26ClFN4O3S. The zero-order chi connectivity index (χ0) is 24.2. The number of carbonyl (C=O) groups excluding carboxylic acids is 1. The van der Waals surface area contributed by atoms with Gasteiger partial charge in [-0.15, -0.1) is 0 Å². The van der Waals surface area contributed by atoms with Gasteiger partial charge in [-0.25, -0.2) is 12.8 Å². The van der Waals surface area contributed by atoms with E-state index in [1.54, 1.807) is 26.0 Å². The van der Waals surface area contributed by atoms with Crippen molar-refractivity contribution in [2.75, 3.05) is 44.2 Å². The summed E-state index contributed by atoms with van der Waals surface area (Å²) in [5, 5.41) is 9.10. The van der Waals surface area contributed by atoms with Crippen molar-refractivity contribution in [1.82, 2.24) is 9.21 Å². The van der Waals surface area contributed by atoms with Crippen LogP contribution in [0.2, 0.25) is 5.02 Å². The molecule has 1 aliphatic heterocycles. The average molecular weight is 493 g/mol. The molecule has 1 amide bonds. The van der Waals surface area contributed by atoms with Crippen LogP contribution in [0.1, 0.15) is 24.2 Å². The summed E-state index contributed by atoms with van der Waals surface area (Å²) < 4.78 is 41.2. The van der Waals surface area contributed by atoms with Crippen LogP contribution in [-0.2, 0) is 10.0 Å². The van der Waals surface area contributed by atoms with E-state index in [-0.39, 0.29) is 52.8 Å². The van der Waals surface area contributed by atoms with Crippen LogP contribution in [0.4, 0.5) is 10.1 Å². The maximum absolute atomic E-state index is 13.3. The average Bonchev–Trinajstić information content (AvgIpc) is 2.82. The Bertz CT molecular complexity index is 1140. The summed E-state index contributed by atoms with van der Waals surface area (Å²) in [6.07, 6.45) is 0. The molecule has 176 valence electrons. The number of nitrogens with zero attached hydrogens (tertiary/aromatic N) is 4. The lowest BCUT2D eigenvalue weighted by molar-refractivity contribution is 0.0752. The van der Waals surface area contributed by atoms with E-state index in [4.69, 9.17) is 16.9 Å². The zero-order valence-corrected chi connectivity index (χ0v) is 20.1. The highest BCUT2D eigenvalue weighted by atomic mass is 35.5. The van der Waals surface area contributed by atoms with Crippen molar-refractivity contribution < 1.29 is 17.6 Å². The number of anilines is 1. The van der Waals surface area contributed by atoms with E-state index in [0.29, 0.717) is 19.6 Å². The highest BCUT2D eigenvalue weighted by Gasteiger charge is 2.31. The monoisotopic (exact) mass is 492 g/mol. The first kappa shape index (κ1) is 25.0. The summed E-state index contributed by atoms with van der Waals surface area (Å²) in [6.45, 7) is 5.51. The Morgan fingerprint density at radius 1 is 1.18 bits per heavy atom. The maximum atomic E-state index is 13.3. The molecule has 0 N–H and O–H groups in total. The molecule has 1 fully saturated rings. The molecule has 3 rings (SSSR count). The number of hydrogen-bond donors (Lipinski definition) is 0. The number of amides is 1. The van der Waals surface area contributed by atoms with E-state index in [2.05, 4.69) is 6.07 Å². The minimum atomic E-state index is -3.93. The highest BCUT2D eigenvalue weighted by molar-refractivity contribution is 7.89. The molecule has 2 aromatic rings. The van der Waals surface area contributed by atoms with E-state index < -0.39 is 10.0 Å². The fourth-order valence-corrected chi connectivity index (χ4v) is 5.64. The van der Waals surface area contributed by atoms with Gasteiger partial charge in [-0.3, -0.25) is 4.79 Å². The van der Waals surface area contributed by atoms with Crippen LogP contribution < -0.4 is 4.90 Å². The SMILES string of the molecule is CCN(CC(C)C#N)C(=O)c1ccc(Cl)c(S(=O)(=O)N2CCN(c3ccc(F)cc3)CC2)c1. The van der Waals surface area contributed by atoms with Gasteiger partial charge in [0.25, 0.3) is 5.91 Å². The molecule has 10 heteroatoms. The van der Waals surface area contributed by atoms with Crippen molar-refractivity contribution in [2.45, 2.75) is 18.7 Å². The van der Waals surface area contributed by atoms with Gasteiger partial charge >= 0.3 is 0 Å². The van der Waals surface area contributed by atoms with Crippen LogP contribution in [0.3, 0.4) is 0 Å². The lowest BCUT2D eigenvalue weighted by atomic mass is 10.1. The number of benzene rings is 2. The van der Waals surface area contributed by atoms with E-state index >= 15 is 0 Å². The molecule has 1 atom stereocenters. The molecule has 33 heavy (non-hydrogen) atoms. The minimum Gasteiger partial charge on any atom is -0.369 e. The fraction of sp³-hybridized carbons (Fsp3) is 0.391.